The van der Waals surface area contributed by atoms with Crippen molar-refractivity contribution in [3.8, 4) is 11.3 Å². The summed E-state index contributed by atoms with van der Waals surface area (Å²) in [4.78, 5) is 28.0. The highest BCUT2D eigenvalue weighted by Crippen LogP contribution is 2.39. The number of nitrogens with zero attached hydrogens (tertiary/aromatic N) is 6. The average Bonchev–Trinajstić information content (AvgIpc) is 3.51. The fourth-order valence-corrected chi connectivity index (χ4v) is 3.63. The molecular formula is C21H22N6O. The molecule has 3 aromatic heterocycles. The van der Waals surface area contributed by atoms with E-state index in [9.17, 15) is 4.79 Å². The van der Waals surface area contributed by atoms with Gasteiger partial charge in [-0.15, -0.1) is 0 Å². The van der Waals surface area contributed by atoms with Crippen LogP contribution in [0.25, 0.3) is 11.3 Å². The first-order chi connectivity index (χ1) is 13.7. The second-order valence-corrected chi connectivity index (χ2v) is 7.75. The Morgan fingerprint density at radius 3 is 2.75 bits per heavy atom. The quantitative estimate of drug-likeness (QED) is 0.683. The Morgan fingerprint density at radius 1 is 1.14 bits per heavy atom. The van der Waals surface area contributed by atoms with Crippen LogP contribution in [0, 0.1) is 12.8 Å². The molecule has 2 fully saturated rings. The molecule has 2 aliphatic rings. The van der Waals surface area contributed by atoms with Crippen molar-refractivity contribution in [1.82, 2.24) is 24.7 Å². The fraction of sp³-hybridized carbons (Fsp3) is 0.381. The minimum absolute atomic E-state index is 0.0695. The van der Waals surface area contributed by atoms with Gasteiger partial charge in [-0.1, -0.05) is 0 Å². The van der Waals surface area contributed by atoms with E-state index >= 15 is 0 Å². The molecule has 0 radical (unpaired) electrons. The molecule has 7 heteroatoms. The lowest BCUT2D eigenvalue weighted by atomic mass is 10.00. The minimum atomic E-state index is -0.0695. The maximum atomic E-state index is 12.3. The van der Waals surface area contributed by atoms with Crippen LogP contribution in [0.5, 0.6) is 0 Å². The lowest BCUT2D eigenvalue weighted by Gasteiger charge is -2.40. The number of hydrogen-bond acceptors (Lipinski definition) is 6. The third kappa shape index (κ3) is 3.40. The second-order valence-electron chi connectivity index (χ2n) is 7.75. The topological polar surface area (TPSA) is 76.8 Å². The van der Waals surface area contributed by atoms with Crippen molar-refractivity contribution in [3.63, 3.8) is 0 Å². The summed E-state index contributed by atoms with van der Waals surface area (Å²) >= 11 is 0. The summed E-state index contributed by atoms with van der Waals surface area (Å²) in [6.07, 6.45) is 5.89. The van der Waals surface area contributed by atoms with Gasteiger partial charge in [0, 0.05) is 60.7 Å². The van der Waals surface area contributed by atoms with E-state index < -0.39 is 0 Å². The summed E-state index contributed by atoms with van der Waals surface area (Å²) < 4.78 is 1.57. The van der Waals surface area contributed by atoms with Crippen molar-refractivity contribution >= 4 is 5.82 Å². The van der Waals surface area contributed by atoms with Gasteiger partial charge >= 0.3 is 0 Å². The molecule has 142 valence electrons. The van der Waals surface area contributed by atoms with Crippen LogP contribution in [-0.4, -0.2) is 37.8 Å². The largest absolute Gasteiger partial charge is 0.356 e. The van der Waals surface area contributed by atoms with Crippen LogP contribution in [-0.2, 0) is 6.54 Å². The van der Waals surface area contributed by atoms with Crippen LogP contribution in [0.4, 0.5) is 5.82 Å². The van der Waals surface area contributed by atoms with E-state index in [0.717, 1.165) is 41.7 Å². The average molecular weight is 374 g/mol. The molecule has 0 N–H and O–H groups in total. The number of hydrogen-bond donors (Lipinski definition) is 0. The molecule has 1 aliphatic heterocycles. The molecule has 1 saturated heterocycles. The molecule has 4 heterocycles. The SMILES string of the molecule is Cc1cc(N2CC(Cn3nc(-c4cccnc4)ccc3=O)C2)nc(C2CC2)n1. The number of pyridine rings is 1. The summed E-state index contributed by atoms with van der Waals surface area (Å²) in [6.45, 7) is 4.41. The molecule has 0 unspecified atom stereocenters. The van der Waals surface area contributed by atoms with Gasteiger partial charge in [-0.05, 0) is 38.0 Å². The first-order valence-corrected chi connectivity index (χ1v) is 9.75. The van der Waals surface area contributed by atoms with Gasteiger partial charge in [-0.25, -0.2) is 14.6 Å². The van der Waals surface area contributed by atoms with E-state index in [-0.39, 0.29) is 5.56 Å². The van der Waals surface area contributed by atoms with Gasteiger partial charge in [-0.2, -0.15) is 5.10 Å². The Bertz CT molecular complexity index is 1050. The second kappa shape index (κ2) is 6.82. The van der Waals surface area contributed by atoms with Gasteiger partial charge in [-0.3, -0.25) is 9.78 Å². The molecular weight excluding hydrogens is 352 g/mol. The first-order valence-electron chi connectivity index (χ1n) is 9.75. The molecule has 0 bridgehead atoms. The van der Waals surface area contributed by atoms with Crippen LogP contribution in [0.1, 0.15) is 30.3 Å². The van der Waals surface area contributed by atoms with E-state index in [4.69, 9.17) is 4.98 Å². The molecule has 0 aromatic carbocycles. The lowest BCUT2D eigenvalue weighted by Crippen LogP contribution is -2.50. The number of aromatic nitrogens is 5. The molecule has 0 spiro atoms. The van der Waals surface area contributed by atoms with E-state index in [1.807, 2.05) is 19.1 Å². The molecule has 28 heavy (non-hydrogen) atoms. The standard InChI is InChI=1S/C21H22N6O/c1-14-9-19(24-21(23-14)16-4-5-16)26-11-15(12-26)13-27-20(28)7-6-18(25-27)17-3-2-8-22-10-17/h2-3,6-10,15-16H,4-5,11-13H2,1H3. The molecule has 7 nitrogen and oxygen atoms in total. The smallest absolute Gasteiger partial charge is 0.266 e. The van der Waals surface area contributed by atoms with Gasteiger partial charge in [0.25, 0.3) is 5.56 Å². The number of aryl methyl sites for hydroxylation is 1. The molecule has 3 aromatic rings. The summed E-state index contributed by atoms with van der Waals surface area (Å²) in [6, 6.07) is 9.21. The Labute approximate surface area is 163 Å². The van der Waals surface area contributed by atoms with E-state index in [2.05, 4.69) is 26.0 Å². The Kier molecular flexibility index (Phi) is 4.15. The molecule has 0 amide bonds. The maximum Gasteiger partial charge on any atom is 0.266 e. The summed E-state index contributed by atoms with van der Waals surface area (Å²) in [5, 5.41) is 4.54. The van der Waals surface area contributed by atoms with Gasteiger partial charge < -0.3 is 4.90 Å². The van der Waals surface area contributed by atoms with Crippen molar-refractivity contribution in [1.29, 1.82) is 0 Å². The monoisotopic (exact) mass is 374 g/mol. The zero-order valence-electron chi connectivity index (χ0n) is 15.8. The van der Waals surface area contributed by atoms with Gasteiger partial charge in [0.2, 0.25) is 0 Å². The summed E-state index contributed by atoms with van der Waals surface area (Å²) in [5.41, 5.74) is 2.64. The van der Waals surface area contributed by atoms with Crippen LogP contribution in [0.2, 0.25) is 0 Å². The van der Waals surface area contributed by atoms with Crippen molar-refractivity contribution in [2.24, 2.45) is 5.92 Å². The highest BCUT2D eigenvalue weighted by atomic mass is 16.1. The normalized spacial score (nSPS) is 16.8. The highest BCUT2D eigenvalue weighted by Gasteiger charge is 2.31. The Balaban J connectivity index is 1.28. The Hall–Kier alpha value is -3.09. The van der Waals surface area contributed by atoms with Crippen molar-refractivity contribution in [2.75, 3.05) is 18.0 Å². The van der Waals surface area contributed by atoms with Crippen LogP contribution < -0.4 is 10.5 Å². The predicted octanol–water partition coefficient (Wildman–Crippen LogP) is 2.42. The van der Waals surface area contributed by atoms with Crippen LogP contribution in [0.3, 0.4) is 0 Å². The third-order valence-corrected chi connectivity index (χ3v) is 5.34. The van der Waals surface area contributed by atoms with Crippen molar-refractivity contribution in [3.05, 3.63) is 64.6 Å². The van der Waals surface area contributed by atoms with Crippen molar-refractivity contribution in [2.45, 2.75) is 32.2 Å². The zero-order valence-corrected chi connectivity index (χ0v) is 15.8. The lowest BCUT2D eigenvalue weighted by molar-refractivity contribution is 0.333. The molecule has 5 rings (SSSR count). The summed E-state index contributed by atoms with van der Waals surface area (Å²) in [7, 11) is 0. The Morgan fingerprint density at radius 2 is 2.00 bits per heavy atom. The van der Waals surface area contributed by atoms with E-state index in [0.29, 0.717) is 18.4 Å². The van der Waals surface area contributed by atoms with E-state index in [1.54, 1.807) is 29.2 Å². The van der Waals surface area contributed by atoms with Crippen LogP contribution >= 0.6 is 0 Å². The highest BCUT2D eigenvalue weighted by molar-refractivity contribution is 5.56. The molecule has 0 atom stereocenters. The minimum Gasteiger partial charge on any atom is -0.356 e. The number of rotatable bonds is 5. The van der Waals surface area contributed by atoms with Crippen LogP contribution in [0.15, 0.2) is 47.5 Å². The predicted molar refractivity (Wildman–Crippen MR) is 106 cm³/mol. The van der Waals surface area contributed by atoms with Gasteiger partial charge in [0.1, 0.15) is 11.6 Å². The molecule has 1 aliphatic carbocycles. The van der Waals surface area contributed by atoms with Gasteiger partial charge in [0.15, 0.2) is 0 Å². The fourth-order valence-electron chi connectivity index (χ4n) is 3.63. The van der Waals surface area contributed by atoms with Crippen molar-refractivity contribution < 1.29 is 0 Å². The summed E-state index contributed by atoms with van der Waals surface area (Å²) in [5.74, 6) is 2.93. The first kappa shape index (κ1) is 17.0. The zero-order chi connectivity index (χ0) is 19.1. The van der Waals surface area contributed by atoms with Gasteiger partial charge in [0.05, 0.1) is 12.2 Å². The maximum absolute atomic E-state index is 12.3. The van der Waals surface area contributed by atoms with E-state index in [1.165, 1.54) is 12.8 Å². The molecule has 1 saturated carbocycles. The third-order valence-electron chi connectivity index (χ3n) is 5.34. The number of anilines is 1.